The van der Waals surface area contributed by atoms with Crippen molar-refractivity contribution in [3.05, 3.63) is 17.5 Å². The van der Waals surface area contributed by atoms with E-state index in [4.69, 9.17) is 16.3 Å². The molecule has 6 heteroatoms. The second kappa shape index (κ2) is 6.75. The minimum atomic E-state index is -0.206. The first-order valence-electron chi connectivity index (χ1n) is 5.91. The van der Waals surface area contributed by atoms with Gasteiger partial charge in [0.25, 0.3) is 5.91 Å². The number of amides is 1. The molecule has 0 aliphatic rings. The number of carbonyl (C=O) groups is 1. The second-order valence-electron chi connectivity index (χ2n) is 4.24. The van der Waals surface area contributed by atoms with E-state index in [2.05, 4.69) is 5.10 Å². The minimum absolute atomic E-state index is 0.0774. The van der Waals surface area contributed by atoms with Gasteiger partial charge in [0.15, 0.2) is 0 Å². The quantitative estimate of drug-likeness (QED) is 0.734. The zero-order valence-electron chi connectivity index (χ0n) is 11.3. The van der Waals surface area contributed by atoms with E-state index in [1.54, 1.807) is 30.8 Å². The summed E-state index contributed by atoms with van der Waals surface area (Å²) in [5, 5.41) is 4.05. The first-order chi connectivity index (χ1) is 8.49. The average molecular weight is 274 g/mol. The molecule has 0 aliphatic carbocycles. The summed E-state index contributed by atoms with van der Waals surface area (Å²) in [6, 6.07) is 1.82. The van der Waals surface area contributed by atoms with Crippen LogP contribution in [0.15, 0.2) is 6.07 Å². The Hall–Kier alpha value is -1.07. The monoisotopic (exact) mass is 273 g/mol. The van der Waals surface area contributed by atoms with Crippen molar-refractivity contribution in [2.45, 2.75) is 18.7 Å². The van der Waals surface area contributed by atoms with Crippen LogP contribution in [0.1, 0.15) is 23.1 Å². The Labute approximate surface area is 113 Å². The van der Waals surface area contributed by atoms with Gasteiger partial charge in [-0.25, -0.2) is 0 Å². The Kier molecular flexibility index (Phi) is 5.62. The fourth-order valence-electron chi connectivity index (χ4n) is 1.71. The molecule has 18 heavy (non-hydrogen) atoms. The van der Waals surface area contributed by atoms with E-state index in [1.807, 2.05) is 13.0 Å². The molecule has 0 aromatic carbocycles. The fourth-order valence-corrected chi connectivity index (χ4v) is 2.04. The number of hydrogen-bond donors (Lipinski definition) is 0. The third kappa shape index (κ3) is 3.71. The lowest BCUT2D eigenvalue weighted by Gasteiger charge is -2.19. The summed E-state index contributed by atoms with van der Waals surface area (Å²) in [5.74, 6) is -0.0774. The van der Waals surface area contributed by atoms with E-state index >= 15 is 0 Å². The van der Waals surface area contributed by atoms with Gasteiger partial charge in [-0.1, -0.05) is 6.92 Å². The van der Waals surface area contributed by atoms with Crippen LogP contribution >= 0.6 is 11.6 Å². The molecular weight excluding hydrogens is 254 g/mol. The maximum Gasteiger partial charge on any atom is 0.271 e. The van der Waals surface area contributed by atoms with Crippen LogP contribution in [0.5, 0.6) is 0 Å². The van der Waals surface area contributed by atoms with Gasteiger partial charge in [-0.15, -0.1) is 11.6 Å². The highest BCUT2D eigenvalue weighted by Crippen LogP contribution is 2.08. The smallest absolute Gasteiger partial charge is 0.271 e. The molecule has 0 spiro atoms. The number of carbonyl (C=O) groups excluding carboxylic acids is 1. The number of aromatic nitrogens is 2. The summed E-state index contributed by atoms with van der Waals surface area (Å²) >= 11 is 6.04. The van der Waals surface area contributed by atoms with Crippen LogP contribution in [0, 0.1) is 0 Å². The molecule has 1 rings (SSSR count). The highest BCUT2D eigenvalue weighted by atomic mass is 35.5. The summed E-state index contributed by atoms with van der Waals surface area (Å²) in [5.41, 5.74) is 1.49. The molecule has 0 N–H and O–H groups in total. The third-order valence-electron chi connectivity index (χ3n) is 2.68. The normalized spacial score (nSPS) is 12.5. The molecule has 1 aromatic rings. The van der Waals surface area contributed by atoms with E-state index in [0.29, 0.717) is 18.8 Å². The summed E-state index contributed by atoms with van der Waals surface area (Å²) in [6.45, 7) is 2.87. The lowest BCUT2D eigenvalue weighted by Crippen LogP contribution is -2.34. The van der Waals surface area contributed by atoms with Gasteiger partial charge in [0, 0.05) is 27.7 Å². The number of ether oxygens (including phenoxy) is 1. The van der Waals surface area contributed by atoms with E-state index in [-0.39, 0.29) is 11.3 Å². The number of methoxy groups -OCH3 is 1. The maximum atomic E-state index is 12.2. The first-order valence-corrected chi connectivity index (χ1v) is 6.34. The van der Waals surface area contributed by atoms with Crippen molar-refractivity contribution < 1.29 is 9.53 Å². The van der Waals surface area contributed by atoms with Crippen molar-refractivity contribution in [3.63, 3.8) is 0 Å². The molecule has 1 amide bonds. The number of nitrogens with zero attached hydrogens (tertiary/aromatic N) is 3. The number of halogens is 1. The Balaban J connectivity index is 2.70. The molecule has 5 nitrogen and oxygen atoms in total. The van der Waals surface area contributed by atoms with Gasteiger partial charge >= 0.3 is 0 Å². The van der Waals surface area contributed by atoms with Crippen molar-refractivity contribution in [1.29, 1.82) is 0 Å². The van der Waals surface area contributed by atoms with Gasteiger partial charge in [0.05, 0.1) is 17.7 Å². The lowest BCUT2D eigenvalue weighted by atomic mass is 10.3. The van der Waals surface area contributed by atoms with E-state index < -0.39 is 0 Å². The Morgan fingerprint density at radius 3 is 2.83 bits per heavy atom. The molecule has 0 aliphatic heterocycles. The Morgan fingerprint density at radius 2 is 2.33 bits per heavy atom. The molecule has 1 atom stereocenters. The summed E-state index contributed by atoms with van der Waals surface area (Å²) < 4.78 is 6.56. The summed E-state index contributed by atoms with van der Waals surface area (Å²) in [4.78, 5) is 13.8. The average Bonchev–Trinajstić information content (AvgIpc) is 2.69. The van der Waals surface area contributed by atoms with Crippen molar-refractivity contribution in [3.8, 4) is 0 Å². The van der Waals surface area contributed by atoms with Gasteiger partial charge < -0.3 is 9.64 Å². The molecule has 1 aromatic heterocycles. The Morgan fingerprint density at radius 1 is 1.67 bits per heavy atom. The van der Waals surface area contributed by atoms with Crippen LogP contribution in [0.3, 0.4) is 0 Å². The van der Waals surface area contributed by atoms with Gasteiger partial charge in [0.1, 0.15) is 5.69 Å². The molecule has 0 bridgehead atoms. The fraction of sp³-hybridized carbons (Fsp3) is 0.667. The largest absolute Gasteiger partial charge is 0.383 e. The molecular formula is C12H20ClN3O2. The summed E-state index contributed by atoms with van der Waals surface area (Å²) in [6.07, 6.45) is 0.812. The first kappa shape index (κ1) is 15.0. The predicted octanol–water partition coefficient (Wildman–Crippen LogP) is 1.31. The number of alkyl halides is 1. The SMILES string of the molecule is CCc1cc(C(=O)N(C)CC(Cl)COC)n(C)n1. The molecule has 0 fully saturated rings. The van der Waals surface area contributed by atoms with Crippen LogP contribution in [-0.2, 0) is 18.2 Å². The van der Waals surface area contributed by atoms with E-state index in [9.17, 15) is 4.79 Å². The van der Waals surface area contributed by atoms with Crippen molar-refractivity contribution in [1.82, 2.24) is 14.7 Å². The highest BCUT2D eigenvalue weighted by Gasteiger charge is 2.19. The molecule has 0 saturated heterocycles. The van der Waals surface area contributed by atoms with Crippen LogP contribution in [0.2, 0.25) is 0 Å². The van der Waals surface area contributed by atoms with Gasteiger partial charge in [-0.2, -0.15) is 5.10 Å². The minimum Gasteiger partial charge on any atom is -0.383 e. The van der Waals surface area contributed by atoms with Crippen LogP contribution < -0.4 is 0 Å². The highest BCUT2D eigenvalue weighted by molar-refractivity contribution is 6.21. The third-order valence-corrected chi connectivity index (χ3v) is 2.94. The van der Waals surface area contributed by atoms with Gasteiger partial charge in [-0.05, 0) is 12.5 Å². The van der Waals surface area contributed by atoms with Crippen LogP contribution in [0.25, 0.3) is 0 Å². The van der Waals surface area contributed by atoms with Crippen molar-refractivity contribution in [2.24, 2.45) is 7.05 Å². The number of hydrogen-bond acceptors (Lipinski definition) is 3. The van der Waals surface area contributed by atoms with Gasteiger partial charge in [-0.3, -0.25) is 9.48 Å². The van der Waals surface area contributed by atoms with Crippen molar-refractivity contribution in [2.75, 3.05) is 27.3 Å². The van der Waals surface area contributed by atoms with Crippen molar-refractivity contribution >= 4 is 17.5 Å². The van der Waals surface area contributed by atoms with Crippen LogP contribution in [-0.4, -0.2) is 53.3 Å². The molecule has 102 valence electrons. The summed E-state index contributed by atoms with van der Waals surface area (Å²) in [7, 11) is 5.09. The molecule has 0 radical (unpaired) electrons. The maximum absolute atomic E-state index is 12.2. The zero-order valence-corrected chi connectivity index (χ0v) is 12.1. The molecule has 1 heterocycles. The second-order valence-corrected chi connectivity index (χ2v) is 4.85. The molecule has 1 unspecified atom stereocenters. The van der Waals surface area contributed by atoms with E-state index in [0.717, 1.165) is 12.1 Å². The molecule has 0 saturated carbocycles. The topological polar surface area (TPSA) is 47.4 Å². The standard InChI is InChI=1S/C12H20ClN3O2/c1-5-10-6-11(16(3)14-10)12(17)15(2)7-9(13)8-18-4/h6,9H,5,7-8H2,1-4H3. The number of aryl methyl sites for hydroxylation is 2. The number of rotatable bonds is 6. The Bertz CT molecular complexity index is 406. The predicted molar refractivity (Wildman–Crippen MR) is 71.1 cm³/mol. The van der Waals surface area contributed by atoms with E-state index in [1.165, 1.54) is 0 Å². The van der Waals surface area contributed by atoms with Crippen LogP contribution in [0.4, 0.5) is 0 Å². The lowest BCUT2D eigenvalue weighted by molar-refractivity contribution is 0.0771. The van der Waals surface area contributed by atoms with Gasteiger partial charge in [0.2, 0.25) is 0 Å². The zero-order chi connectivity index (χ0) is 13.7.